The Labute approximate surface area is 144 Å². The first kappa shape index (κ1) is 16.3. The Morgan fingerprint density at radius 1 is 1.24 bits per heavy atom. The van der Waals surface area contributed by atoms with E-state index in [1.807, 2.05) is 12.1 Å². The minimum Gasteiger partial charge on any atom is -0.481 e. The molecule has 0 aliphatic rings. The van der Waals surface area contributed by atoms with Gasteiger partial charge in [0.25, 0.3) is 5.91 Å². The average Bonchev–Trinajstić information content (AvgIpc) is 2.41. The van der Waals surface area contributed by atoms with Gasteiger partial charge >= 0.3 is 0 Å². The Hall–Kier alpha value is -1.04. The van der Waals surface area contributed by atoms with Crippen LogP contribution in [0.15, 0.2) is 51.4 Å². The minimum absolute atomic E-state index is 0.238. The minimum atomic E-state index is -0.640. The van der Waals surface area contributed by atoms with Gasteiger partial charge in [0.1, 0.15) is 5.75 Å². The van der Waals surface area contributed by atoms with Crippen LogP contribution >= 0.6 is 43.5 Å². The molecule has 1 atom stereocenters. The first-order valence-corrected chi connectivity index (χ1v) is 8.10. The van der Waals surface area contributed by atoms with Gasteiger partial charge in [0.05, 0.1) is 5.69 Å². The van der Waals surface area contributed by atoms with Crippen molar-refractivity contribution in [2.24, 2.45) is 0 Å². The van der Waals surface area contributed by atoms with Crippen molar-refractivity contribution in [1.82, 2.24) is 0 Å². The summed E-state index contributed by atoms with van der Waals surface area (Å²) in [6.45, 7) is 1.68. The molecule has 0 radical (unpaired) electrons. The number of rotatable bonds is 4. The molecule has 0 fully saturated rings. The number of amides is 1. The van der Waals surface area contributed by atoms with E-state index >= 15 is 0 Å². The van der Waals surface area contributed by atoms with Crippen LogP contribution in [0.2, 0.25) is 5.02 Å². The molecule has 3 nitrogen and oxygen atoms in total. The van der Waals surface area contributed by atoms with Crippen LogP contribution in [0.5, 0.6) is 5.75 Å². The molecule has 0 aromatic heterocycles. The third kappa shape index (κ3) is 4.73. The molecule has 1 amide bonds. The quantitative estimate of drug-likeness (QED) is 0.713. The molecule has 0 aliphatic carbocycles. The average molecular weight is 434 g/mol. The van der Waals surface area contributed by atoms with Crippen molar-refractivity contribution >= 4 is 55.1 Å². The number of nitrogens with one attached hydrogen (secondary N) is 1. The SMILES string of the molecule is CC(Oc1cccc(Cl)c1)C(=O)Nc1ccc(Br)cc1Br. The van der Waals surface area contributed by atoms with Crippen LogP contribution in [0.25, 0.3) is 0 Å². The maximum Gasteiger partial charge on any atom is 0.265 e. The number of hydrogen-bond donors (Lipinski definition) is 1. The second-order valence-corrected chi connectivity index (χ2v) is 6.54. The van der Waals surface area contributed by atoms with Gasteiger partial charge in [-0.2, -0.15) is 0 Å². The predicted octanol–water partition coefficient (Wildman–Crippen LogP) is 5.27. The van der Waals surface area contributed by atoms with Gasteiger partial charge in [-0.15, -0.1) is 0 Å². The third-order valence-corrected chi connectivity index (χ3v) is 4.05. The highest BCUT2D eigenvalue weighted by Crippen LogP contribution is 2.26. The van der Waals surface area contributed by atoms with E-state index in [4.69, 9.17) is 16.3 Å². The Kier molecular flexibility index (Phi) is 5.67. The molecule has 2 rings (SSSR count). The molecule has 1 N–H and O–H groups in total. The lowest BCUT2D eigenvalue weighted by Gasteiger charge is -2.15. The molecule has 0 bridgehead atoms. The van der Waals surface area contributed by atoms with E-state index in [1.54, 1.807) is 37.3 Å². The Bertz CT molecular complexity index is 664. The first-order valence-electron chi connectivity index (χ1n) is 6.14. The highest BCUT2D eigenvalue weighted by atomic mass is 79.9. The van der Waals surface area contributed by atoms with Crippen molar-refractivity contribution in [3.8, 4) is 5.75 Å². The number of carbonyl (C=O) groups excluding carboxylic acids is 1. The van der Waals surface area contributed by atoms with Crippen LogP contribution in [0, 0.1) is 0 Å². The lowest BCUT2D eigenvalue weighted by atomic mass is 10.3. The zero-order valence-electron chi connectivity index (χ0n) is 11.1. The molecule has 110 valence electrons. The second kappa shape index (κ2) is 7.29. The summed E-state index contributed by atoms with van der Waals surface area (Å²) in [7, 11) is 0. The van der Waals surface area contributed by atoms with Crippen molar-refractivity contribution in [3.05, 3.63) is 56.4 Å². The van der Waals surface area contributed by atoms with Crippen LogP contribution in [0.3, 0.4) is 0 Å². The number of hydrogen-bond acceptors (Lipinski definition) is 2. The Morgan fingerprint density at radius 3 is 2.67 bits per heavy atom. The summed E-state index contributed by atoms with van der Waals surface area (Å²) < 4.78 is 7.29. The van der Waals surface area contributed by atoms with Gasteiger partial charge in [-0.25, -0.2) is 0 Å². The topological polar surface area (TPSA) is 38.3 Å². The van der Waals surface area contributed by atoms with E-state index in [1.165, 1.54) is 0 Å². The molecule has 0 heterocycles. The fourth-order valence-corrected chi connectivity index (χ4v) is 2.95. The fourth-order valence-electron chi connectivity index (χ4n) is 1.62. The molecule has 2 aromatic rings. The number of halogens is 3. The third-order valence-electron chi connectivity index (χ3n) is 2.67. The molecule has 0 saturated heterocycles. The summed E-state index contributed by atoms with van der Waals surface area (Å²) >= 11 is 12.6. The highest BCUT2D eigenvalue weighted by Gasteiger charge is 2.16. The predicted molar refractivity (Wildman–Crippen MR) is 92.0 cm³/mol. The largest absolute Gasteiger partial charge is 0.481 e. The summed E-state index contributed by atoms with van der Waals surface area (Å²) in [6.07, 6.45) is -0.640. The van der Waals surface area contributed by atoms with Crippen LogP contribution in [0.1, 0.15) is 6.92 Å². The summed E-state index contributed by atoms with van der Waals surface area (Å²) in [4.78, 5) is 12.1. The van der Waals surface area contributed by atoms with Crippen molar-refractivity contribution in [3.63, 3.8) is 0 Å². The van der Waals surface area contributed by atoms with E-state index in [0.717, 1.165) is 8.95 Å². The molecule has 1 unspecified atom stereocenters. The van der Waals surface area contributed by atoms with Crippen LogP contribution in [-0.4, -0.2) is 12.0 Å². The lowest BCUT2D eigenvalue weighted by molar-refractivity contribution is -0.122. The van der Waals surface area contributed by atoms with E-state index in [2.05, 4.69) is 37.2 Å². The molecule has 6 heteroatoms. The van der Waals surface area contributed by atoms with E-state index in [9.17, 15) is 4.79 Å². The van der Waals surface area contributed by atoms with E-state index in [-0.39, 0.29) is 5.91 Å². The monoisotopic (exact) mass is 431 g/mol. The number of carbonyl (C=O) groups is 1. The van der Waals surface area contributed by atoms with Gasteiger partial charge in [0.15, 0.2) is 6.10 Å². The van der Waals surface area contributed by atoms with Crippen LogP contribution in [-0.2, 0) is 4.79 Å². The fraction of sp³-hybridized carbons (Fsp3) is 0.133. The Balaban J connectivity index is 2.02. The molecule has 0 saturated carbocycles. The highest BCUT2D eigenvalue weighted by molar-refractivity contribution is 9.11. The number of ether oxygens (including phenoxy) is 1. The first-order chi connectivity index (χ1) is 9.95. The molecule has 2 aromatic carbocycles. The van der Waals surface area contributed by atoms with Gasteiger partial charge in [-0.1, -0.05) is 33.6 Å². The van der Waals surface area contributed by atoms with Gasteiger partial charge in [-0.05, 0) is 59.3 Å². The van der Waals surface area contributed by atoms with Gasteiger partial charge < -0.3 is 10.1 Å². The van der Waals surface area contributed by atoms with E-state index in [0.29, 0.717) is 16.5 Å². The zero-order valence-corrected chi connectivity index (χ0v) is 15.0. The molecular formula is C15H12Br2ClNO2. The molecule has 0 aliphatic heterocycles. The smallest absolute Gasteiger partial charge is 0.265 e. The summed E-state index contributed by atoms with van der Waals surface area (Å²) in [5.41, 5.74) is 0.685. The van der Waals surface area contributed by atoms with Gasteiger partial charge in [-0.3, -0.25) is 4.79 Å². The normalized spacial score (nSPS) is 11.8. The molecule has 21 heavy (non-hydrogen) atoms. The summed E-state index contributed by atoms with van der Waals surface area (Å²) in [5.74, 6) is 0.318. The van der Waals surface area contributed by atoms with Crippen LogP contribution < -0.4 is 10.1 Å². The summed E-state index contributed by atoms with van der Waals surface area (Å²) in [5, 5.41) is 3.37. The van der Waals surface area contributed by atoms with Crippen molar-refractivity contribution in [1.29, 1.82) is 0 Å². The van der Waals surface area contributed by atoms with Crippen LogP contribution in [0.4, 0.5) is 5.69 Å². The van der Waals surface area contributed by atoms with Gasteiger partial charge in [0.2, 0.25) is 0 Å². The van der Waals surface area contributed by atoms with Crippen molar-refractivity contribution in [2.45, 2.75) is 13.0 Å². The van der Waals surface area contributed by atoms with Crippen molar-refractivity contribution in [2.75, 3.05) is 5.32 Å². The Morgan fingerprint density at radius 2 is 2.00 bits per heavy atom. The number of benzene rings is 2. The second-order valence-electron chi connectivity index (χ2n) is 4.33. The summed E-state index contributed by atoms with van der Waals surface area (Å²) in [6, 6.07) is 12.5. The van der Waals surface area contributed by atoms with Gasteiger partial charge in [0, 0.05) is 14.0 Å². The molecule has 0 spiro atoms. The maximum absolute atomic E-state index is 12.1. The van der Waals surface area contributed by atoms with Crippen molar-refractivity contribution < 1.29 is 9.53 Å². The standard InChI is InChI=1S/C15H12Br2ClNO2/c1-9(21-12-4-2-3-11(18)8-12)15(20)19-14-6-5-10(16)7-13(14)17/h2-9H,1H3,(H,19,20). The lowest BCUT2D eigenvalue weighted by Crippen LogP contribution is -2.30. The van der Waals surface area contributed by atoms with E-state index < -0.39 is 6.10 Å². The zero-order chi connectivity index (χ0) is 15.4. The maximum atomic E-state index is 12.1. The number of anilines is 1. The molecular weight excluding hydrogens is 421 g/mol.